The van der Waals surface area contributed by atoms with Crippen LogP contribution in [0.1, 0.15) is 21.9 Å². The van der Waals surface area contributed by atoms with Gasteiger partial charge in [-0.15, -0.1) is 11.8 Å². The number of benzene rings is 2. The lowest BCUT2D eigenvalue weighted by Gasteiger charge is -2.19. The summed E-state index contributed by atoms with van der Waals surface area (Å²) in [7, 11) is 0. The number of alkyl halides is 3. The summed E-state index contributed by atoms with van der Waals surface area (Å²) in [6.07, 6.45) is 0.840. The molecule has 27 heavy (non-hydrogen) atoms. The minimum absolute atomic E-state index is 0.0618. The van der Waals surface area contributed by atoms with E-state index >= 15 is 0 Å². The molecule has 142 valence electrons. The van der Waals surface area contributed by atoms with Crippen LogP contribution in [0.25, 0.3) is 0 Å². The first-order valence-electron chi connectivity index (χ1n) is 8.01. The van der Waals surface area contributed by atoms with E-state index in [0.717, 1.165) is 23.3 Å². The summed E-state index contributed by atoms with van der Waals surface area (Å²) in [4.78, 5) is 4.03. The molecule has 0 radical (unpaired) electrons. The number of nitrogens with zero attached hydrogens (tertiary/aromatic N) is 2. The van der Waals surface area contributed by atoms with Crippen molar-refractivity contribution in [3.05, 3.63) is 87.9 Å². The average Bonchev–Trinajstić information content (AvgIpc) is 3.12. The van der Waals surface area contributed by atoms with E-state index in [0.29, 0.717) is 22.3 Å². The number of aromatic nitrogens is 2. The molecule has 1 aromatic heterocycles. The Hall–Kier alpha value is -1.63. The van der Waals surface area contributed by atoms with E-state index in [1.165, 1.54) is 12.1 Å². The van der Waals surface area contributed by atoms with Gasteiger partial charge in [-0.2, -0.15) is 13.2 Å². The quantitative estimate of drug-likeness (QED) is 0.423. The third-order valence-electron chi connectivity index (χ3n) is 4.00. The molecule has 0 saturated carbocycles. The molecule has 0 aliphatic carbocycles. The van der Waals surface area contributed by atoms with Gasteiger partial charge in [-0.05, 0) is 35.4 Å². The molecule has 3 rings (SSSR count). The zero-order valence-electron chi connectivity index (χ0n) is 14.0. The van der Waals surface area contributed by atoms with Crippen molar-refractivity contribution >= 4 is 35.0 Å². The highest BCUT2D eigenvalue weighted by Gasteiger charge is 2.30. The van der Waals surface area contributed by atoms with Crippen LogP contribution in [0.5, 0.6) is 0 Å². The van der Waals surface area contributed by atoms with Crippen molar-refractivity contribution in [2.24, 2.45) is 0 Å². The second kappa shape index (κ2) is 8.59. The zero-order chi connectivity index (χ0) is 19.4. The Morgan fingerprint density at radius 2 is 1.81 bits per heavy atom. The summed E-state index contributed by atoms with van der Waals surface area (Å²) in [5.41, 5.74) is 1.08. The van der Waals surface area contributed by atoms with Crippen molar-refractivity contribution in [2.75, 3.05) is 0 Å². The Morgan fingerprint density at radius 1 is 1.07 bits per heavy atom. The highest BCUT2D eigenvalue weighted by molar-refractivity contribution is 7.98. The largest absolute Gasteiger partial charge is 0.416 e. The summed E-state index contributed by atoms with van der Waals surface area (Å²) in [6, 6.07) is 10.6. The van der Waals surface area contributed by atoms with Gasteiger partial charge in [0.1, 0.15) is 0 Å². The van der Waals surface area contributed by atoms with Crippen LogP contribution < -0.4 is 0 Å². The molecule has 0 amide bonds. The van der Waals surface area contributed by atoms with Crippen LogP contribution in [0, 0.1) is 0 Å². The first-order chi connectivity index (χ1) is 12.8. The van der Waals surface area contributed by atoms with E-state index in [1.54, 1.807) is 36.4 Å². The molecule has 1 atom stereocenters. The second-order valence-corrected chi connectivity index (χ2v) is 7.95. The number of thioether (sulfide) groups is 1. The number of hydrogen-bond donors (Lipinski definition) is 0. The van der Waals surface area contributed by atoms with Crippen molar-refractivity contribution in [2.45, 2.75) is 23.7 Å². The van der Waals surface area contributed by atoms with E-state index in [2.05, 4.69) is 4.98 Å². The molecule has 3 aromatic rings. The number of hydrogen-bond acceptors (Lipinski definition) is 2. The average molecular weight is 431 g/mol. The standard InChI is InChI=1S/C19H15Cl2F3N2S/c20-16-6-3-14(17(21)9-16)11-27-18(10-26-8-7-25-12-26)13-1-4-15(5-2-13)19(22,23)24/h1-9,12,18H,10-11H2. The molecule has 2 aromatic carbocycles. The maximum absolute atomic E-state index is 12.8. The maximum atomic E-state index is 12.8. The van der Waals surface area contributed by atoms with Crippen molar-refractivity contribution in [1.29, 1.82) is 0 Å². The van der Waals surface area contributed by atoms with Crippen LogP contribution in [-0.4, -0.2) is 9.55 Å². The summed E-state index contributed by atoms with van der Waals surface area (Å²) in [5, 5.41) is 1.07. The summed E-state index contributed by atoms with van der Waals surface area (Å²) in [5.74, 6) is 0.608. The molecule has 0 aliphatic heterocycles. The van der Waals surface area contributed by atoms with E-state index in [4.69, 9.17) is 23.2 Å². The molecule has 1 heterocycles. The molecular formula is C19H15Cl2F3N2S. The highest BCUT2D eigenvalue weighted by Crippen LogP contribution is 2.37. The molecule has 2 nitrogen and oxygen atoms in total. The van der Waals surface area contributed by atoms with Crippen LogP contribution in [0.2, 0.25) is 10.0 Å². The fraction of sp³-hybridized carbons (Fsp3) is 0.211. The number of imidazole rings is 1. The van der Waals surface area contributed by atoms with Gasteiger partial charge in [0.05, 0.1) is 11.9 Å². The molecule has 0 bridgehead atoms. The van der Waals surface area contributed by atoms with Crippen molar-refractivity contribution in [1.82, 2.24) is 9.55 Å². The molecule has 1 unspecified atom stereocenters. The molecular weight excluding hydrogens is 416 g/mol. The van der Waals surface area contributed by atoms with Gasteiger partial charge in [0.2, 0.25) is 0 Å². The Balaban J connectivity index is 1.80. The van der Waals surface area contributed by atoms with Gasteiger partial charge >= 0.3 is 6.18 Å². The molecule has 0 spiro atoms. The van der Waals surface area contributed by atoms with Crippen LogP contribution in [-0.2, 0) is 18.5 Å². The fourth-order valence-corrected chi connectivity index (χ4v) is 4.37. The van der Waals surface area contributed by atoms with Crippen LogP contribution >= 0.6 is 35.0 Å². The highest BCUT2D eigenvalue weighted by atomic mass is 35.5. The molecule has 8 heteroatoms. The van der Waals surface area contributed by atoms with Gasteiger partial charge in [-0.1, -0.05) is 41.4 Å². The Bertz CT molecular complexity index is 881. The normalized spacial score (nSPS) is 12.9. The SMILES string of the molecule is FC(F)(F)c1ccc(C(Cn2ccnc2)SCc2ccc(Cl)cc2Cl)cc1. The van der Waals surface area contributed by atoms with E-state index in [-0.39, 0.29) is 5.25 Å². The van der Waals surface area contributed by atoms with Crippen molar-refractivity contribution < 1.29 is 13.2 Å². The maximum Gasteiger partial charge on any atom is 0.416 e. The summed E-state index contributed by atoms with van der Waals surface area (Å²) in [6.45, 7) is 0.585. The molecule has 0 fully saturated rings. The Labute approximate surface area is 169 Å². The van der Waals surface area contributed by atoms with Gasteiger partial charge in [-0.25, -0.2) is 4.98 Å². The molecule has 0 aliphatic rings. The van der Waals surface area contributed by atoms with Gasteiger partial charge in [-0.3, -0.25) is 0 Å². The van der Waals surface area contributed by atoms with Crippen LogP contribution in [0.15, 0.2) is 61.2 Å². The van der Waals surface area contributed by atoms with Gasteiger partial charge < -0.3 is 4.57 Å². The fourth-order valence-electron chi connectivity index (χ4n) is 2.56. The first kappa shape index (κ1) is 20.1. The minimum Gasteiger partial charge on any atom is -0.336 e. The predicted octanol–water partition coefficient (Wildman–Crippen LogP) is 6.88. The Morgan fingerprint density at radius 3 is 2.41 bits per heavy atom. The zero-order valence-corrected chi connectivity index (χ0v) is 16.3. The van der Waals surface area contributed by atoms with Crippen molar-refractivity contribution in [3.63, 3.8) is 0 Å². The molecule has 0 saturated heterocycles. The first-order valence-corrected chi connectivity index (χ1v) is 9.82. The lowest BCUT2D eigenvalue weighted by Crippen LogP contribution is -2.08. The van der Waals surface area contributed by atoms with Crippen molar-refractivity contribution in [3.8, 4) is 0 Å². The minimum atomic E-state index is -4.34. The van der Waals surface area contributed by atoms with E-state index < -0.39 is 11.7 Å². The summed E-state index contributed by atoms with van der Waals surface area (Å²) >= 11 is 13.8. The van der Waals surface area contributed by atoms with Gasteiger partial charge in [0, 0.05) is 40.0 Å². The summed E-state index contributed by atoms with van der Waals surface area (Å²) < 4.78 is 40.4. The van der Waals surface area contributed by atoms with E-state index in [1.807, 2.05) is 16.8 Å². The van der Waals surface area contributed by atoms with Gasteiger partial charge in [0.15, 0.2) is 0 Å². The van der Waals surface area contributed by atoms with E-state index in [9.17, 15) is 13.2 Å². The predicted molar refractivity (Wildman–Crippen MR) is 104 cm³/mol. The topological polar surface area (TPSA) is 17.8 Å². The van der Waals surface area contributed by atoms with Crippen LogP contribution in [0.3, 0.4) is 0 Å². The third kappa shape index (κ3) is 5.43. The smallest absolute Gasteiger partial charge is 0.336 e. The monoisotopic (exact) mass is 430 g/mol. The van der Waals surface area contributed by atoms with Gasteiger partial charge in [0.25, 0.3) is 0 Å². The number of halogens is 5. The Kier molecular flexibility index (Phi) is 6.40. The number of rotatable bonds is 6. The lowest BCUT2D eigenvalue weighted by molar-refractivity contribution is -0.137. The third-order valence-corrected chi connectivity index (χ3v) is 5.89. The van der Waals surface area contributed by atoms with Crippen LogP contribution in [0.4, 0.5) is 13.2 Å². The second-order valence-electron chi connectivity index (χ2n) is 5.91. The molecule has 0 N–H and O–H groups in total. The lowest BCUT2D eigenvalue weighted by atomic mass is 10.1.